The molecule has 1 heterocycles. The Bertz CT molecular complexity index is 1200. The summed E-state index contributed by atoms with van der Waals surface area (Å²) >= 11 is 5.87. The van der Waals surface area contributed by atoms with Crippen LogP contribution in [0.3, 0.4) is 0 Å². The normalized spacial score (nSPS) is 16.1. The third-order valence-corrected chi connectivity index (χ3v) is 6.37. The average molecular weight is 459 g/mol. The zero-order valence-electron chi connectivity index (χ0n) is 16.8. The van der Waals surface area contributed by atoms with E-state index in [1.165, 1.54) is 6.07 Å². The molecule has 0 atom stereocenters. The first-order valence-electron chi connectivity index (χ1n) is 10.2. The fraction of sp³-hybridized carbons (Fsp3) is 0.240. The van der Waals surface area contributed by atoms with Crippen LogP contribution in [0.2, 0.25) is 5.02 Å². The van der Waals surface area contributed by atoms with E-state index < -0.39 is 17.2 Å². The predicted molar refractivity (Wildman–Crippen MR) is 114 cm³/mol. The standard InChI is InChI=1S/C25H18ClF3O3/c26-18-5-2-16(3-6-18)19-7-1-15(11-20(19)25(27,28)29)12-23(30)24(9-10-24)17-4-8-21-22(13-17)32-14-31-21/h1-8,11,13H,9-10,12,14H2. The molecule has 0 amide bonds. The number of ketones is 1. The largest absolute Gasteiger partial charge is 0.454 e. The van der Waals surface area contributed by atoms with Crippen molar-refractivity contribution in [3.8, 4) is 22.6 Å². The van der Waals surface area contributed by atoms with Crippen molar-refractivity contribution >= 4 is 17.4 Å². The van der Waals surface area contributed by atoms with Crippen LogP contribution in [0.25, 0.3) is 11.1 Å². The van der Waals surface area contributed by atoms with E-state index in [2.05, 4.69) is 0 Å². The predicted octanol–water partition coefficient (Wildman–Crippen LogP) is 6.60. The molecule has 2 aliphatic rings. The first-order valence-corrected chi connectivity index (χ1v) is 10.5. The maximum absolute atomic E-state index is 13.8. The molecule has 32 heavy (non-hydrogen) atoms. The maximum Gasteiger partial charge on any atom is 0.417 e. The molecule has 0 radical (unpaired) electrons. The van der Waals surface area contributed by atoms with Gasteiger partial charge in [0.05, 0.1) is 11.0 Å². The summed E-state index contributed by atoms with van der Waals surface area (Å²) in [7, 11) is 0. The first kappa shape index (κ1) is 20.9. The quantitative estimate of drug-likeness (QED) is 0.432. The summed E-state index contributed by atoms with van der Waals surface area (Å²) in [4.78, 5) is 13.2. The number of hydrogen-bond donors (Lipinski definition) is 0. The second-order valence-corrected chi connectivity index (χ2v) is 8.57. The minimum Gasteiger partial charge on any atom is -0.454 e. The lowest BCUT2D eigenvalue weighted by molar-refractivity contribution is -0.137. The Kier molecular flexibility index (Phi) is 4.93. The Hall–Kier alpha value is -2.99. The summed E-state index contributed by atoms with van der Waals surface area (Å²) in [5.41, 5.74) is 0.195. The van der Waals surface area contributed by atoms with Gasteiger partial charge in [0.25, 0.3) is 0 Å². The molecule has 1 aliphatic heterocycles. The number of carbonyl (C=O) groups excluding carboxylic acids is 1. The molecule has 1 fully saturated rings. The molecular formula is C25H18ClF3O3. The fourth-order valence-electron chi connectivity index (χ4n) is 4.22. The summed E-state index contributed by atoms with van der Waals surface area (Å²) < 4.78 is 52.2. The average Bonchev–Trinajstić information content (AvgIpc) is 3.45. The number of hydrogen-bond acceptors (Lipinski definition) is 3. The fourth-order valence-corrected chi connectivity index (χ4v) is 4.35. The summed E-state index contributed by atoms with van der Waals surface area (Å²) in [6.45, 7) is 0.139. The highest BCUT2D eigenvalue weighted by Gasteiger charge is 2.51. The van der Waals surface area contributed by atoms with Crippen molar-refractivity contribution in [3.63, 3.8) is 0 Å². The van der Waals surface area contributed by atoms with Crippen molar-refractivity contribution in [2.45, 2.75) is 30.9 Å². The van der Waals surface area contributed by atoms with Crippen LogP contribution in [-0.4, -0.2) is 12.6 Å². The summed E-state index contributed by atoms with van der Waals surface area (Å²) in [5, 5.41) is 0.447. The molecule has 7 heteroatoms. The first-order chi connectivity index (χ1) is 15.3. The zero-order chi connectivity index (χ0) is 22.5. The Morgan fingerprint density at radius 3 is 2.34 bits per heavy atom. The van der Waals surface area contributed by atoms with E-state index in [0.717, 1.165) is 11.6 Å². The van der Waals surface area contributed by atoms with Crippen LogP contribution in [0, 0.1) is 0 Å². The molecular weight excluding hydrogens is 441 g/mol. The minimum atomic E-state index is -4.55. The highest BCUT2D eigenvalue weighted by Crippen LogP contribution is 2.51. The maximum atomic E-state index is 13.8. The van der Waals surface area contributed by atoms with Crippen molar-refractivity contribution in [3.05, 3.63) is 82.4 Å². The van der Waals surface area contributed by atoms with Gasteiger partial charge in [-0.25, -0.2) is 0 Å². The number of fused-ring (bicyclic) bond motifs is 1. The summed E-state index contributed by atoms with van der Waals surface area (Å²) in [6.07, 6.45) is -3.29. The number of ether oxygens (including phenoxy) is 2. The number of Topliss-reactive ketones (excluding diaryl/α,β-unsaturated/α-hetero) is 1. The van der Waals surface area contributed by atoms with Crippen LogP contribution in [0.5, 0.6) is 11.5 Å². The Balaban J connectivity index is 1.44. The molecule has 0 bridgehead atoms. The van der Waals surface area contributed by atoms with Crippen LogP contribution >= 0.6 is 11.6 Å². The van der Waals surface area contributed by atoms with Gasteiger partial charge in [0.1, 0.15) is 5.78 Å². The number of carbonyl (C=O) groups is 1. The van der Waals surface area contributed by atoms with Crippen molar-refractivity contribution in [1.29, 1.82) is 0 Å². The van der Waals surface area contributed by atoms with Crippen molar-refractivity contribution < 1.29 is 27.4 Å². The van der Waals surface area contributed by atoms with Crippen LogP contribution in [0.4, 0.5) is 13.2 Å². The van der Waals surface area contributed by atoms with Crippen molar-refractivity contribution in [1.82, 2.24) is 0 Å². The van der Waals surface area contributed by atoms with Crippen molar-refractivity contribution in [2.24, 2.45) is 0 Å². The van der Waals surface area contributed by atoms with Gasteiger partial charge >= 0.3 is 6.18 Å². The minimum absolute atomic E-state index is 0.0577. The van der Waals surface area contributed by atoms with E-state index in [4.69, 9.17) is 21.1 Å². The molecule has 0 spiro atoms. The van der Waals surface area contributed by atoms with Gasteiger partial charge in [-0.2, -0.15) is 13.2 Å². The molecule has 0 saturated heterocycles. The smallest absolute Gasteiger partial charge is 0.417 e. The van der Waals surface area contributed by atoms with Crippen LogP contribution in [-0.2, 0) is 22.8 Å². The van der Waals surface area contributed by atoms with Crippen molar-refractivity contribution in [2.75, 3.05) is 6.79 Å². The van der Waals surface area contributed by atoms with E-state index in [-0.39, 0.29) is 24.6 Å². The molecule has 1 saturated carbocycles. The van der Waals surface area contributed by atoms with E-state index >= 15 is 0 Å². The third-order valence-electron chi connectivity index (χ3n) is 6.12. The van der Waals surface area contributed by atoms with Gasteiger partial charge < -0.3 is 9.47 Å². The molecule has 3 nitrogen and oxygen atoms in total. The van der Waals surface area contributed by atoms with E-state index in [1.807, 2.05) is 6.07 Å². The van der Waals surface area contributed by atoms with Gasteiger partial charge in [0, 0.05) is 11.4 Å². The Morgan fingerprint density at radius 1 is 0.938 bits per heavy atom. The molecule has 3 aromatic carbocycles. The highest BCUT2D eigenvalue weighted by atomic mass is 35.5. The van der Waals surface area contributed by atoms with E-state index in [1.54, 1.807) is 42.5 Å². The second kappa shape index (κ2) is 7.55. The highest BCUT2D eigenvalue weighted by molar-refractivity contribution is 6.30. The SMILES string of the molecule is O=C(Cc1ccc(-c2ccc(Cl)cc2)c(C(F)(F)F)c1)C1(c2ccc3c(c2)OCO3)CC1. The van der Waals surface area contributed by atoms with E-state index in [9.17, 15) is 18.0 Å². The number of halogens is 4. The molecule has 164 valence electrons. The zero-order valence-corrected chi connectivity index (χ0v) is 17.6. The Morgan fingerprint density at radius 2 is 1.66 bits per heavy atom. The van der Waals surface area contributed by atoms with Crippen LogP contribution in [0.1, 0.15) is 29.5 Å². The van der Waals surface area contributed by atoms with Gasteiger partial charge in [-0.15, -0.1) is 0 Å². The molecule has 0 N–H and O–H groups in total. The molecule has 1 aliphatic carbocycles. The number of benzene rings is 3. The molecule has 0 unspecified atom stereocenters. The van der Waals surface area contributed by atoms with Gasteiger partial charge in [0.15, 0.2) is 11.5 Å². The lowest BCUT2D eigenvalue weighted by Crippen LogP contribution is -2.22. The van der Waals surface area contributed by atoms with Gasteiger partial charge in [-0.3, -0.25) is 4.79 Å². The topological polar surface area (TPSA) is 35.5 Å². The Labute approximate surface area is 187 Å². The van der Waals surface area contributed by atoms with Crippen LogP contribution in [0.15, 0.2) is 60.7 Å². The lowest BCUT2D eigenvalue weighted by atomic mass is 9.87. The number of alkyl halides is 3. The third kappa shape index (κ3) is 3.73. The van der Waals surface area contributed by atoms with Gasteiger partial charge in [-0.1, -0.05) is 41.9 Å². The van der Waals surface area contributed by atoms with Crippen LogP contribution < -0.4 is 9.47 Å². The summed E-state index contributed by atoms with van der Waals surface area (Å²) in [5.74, 6) is 1.13. The van der Waals surface area contributed by atoms with Gasteiger partial charge in [-0.05, 0) is 65.4 Å². The lowest BCUT2D eigenvalue weighted by Gasteiger charge is -2.17. The summed E-state index contributed by atoms with van der Waals surface area (Å²) in [6, 6.07) is 15.7. The number of rotatable bonds is 5. The van der Waals surface area contributed by atoms with Gasteiger partial charge in [0.2, 0.25) is 6.79 Å². The molecule has 3 aromatic rings. The monoisotopic (exact) mass is 458 g/mol. The molecule has 5 rings (SSSR count). The van der Waals surface area contributed by atoms with E-state index in [0.29, 0.717) is 40.5 Å². The molecule has 0 aromatic heterocycles. The second-order valence-electron chi connectivity index (χ2n) is 8.13.